The molecule has 0 unspecified atom stereocenters. The van der Waals surface area contributed by atoms with E-state index in [0.717, 1.165) is 0 Å². The summed E-state index contributed by atoms with van der Waals surface area (Å²) in [4.78, 5) is 16.6. The highest BCUT2D eigenvalue weighted by atomic mass is 35.5. The fourth-order valence-corrected chi connectivity index (χ4v) is 2.53. The van der Waals surface area contributed by atoms with Crippen LogP contribution in [0.4, 0.5) is 0 Å². The number of aliphatic hydroxyl groups is 1. The number of nitrogens with zero attached hydrogens (tertiary/aromatic N) is 2. The summed E-state index contributed by atoms with van der Waals surface area (Å²) in [6.45, 7) is 0.117. The van der Waals surface area contributed by atoms with E-state index in [2.05, 4.69) is 4.98 Å². The van der Waals surface area contributed by atoms with Crippen molar-refractivity contribution in [3.63, 3.8) is 0 Å². The van der Waals surface area contributed by atoms with Gasteiger partial charge in [-0.05, 0) is 35.9 Å². The second-order valence-corrected chi connectivity index (χ2v) is 5.80. The molecule has 3 rings (SSSR count). The average molecular weight is 335 g/mol. The first-order chi connectivity index (χ1) is 10.5. The van der Waals surface area contributed by atoms with Crippen molar-refractivity contribution in [1.29, 1.82) is 0 Å². The summed E-state index contributed by atoms with van der Waals surface area (Å²) in [5.74, 6) is 0. The molecule has 3 aromatic rings. The SMILES string of the molecule is O=c1c2ccc(Cl)cc2ncn1C[C@H](O)c1ccc(Cl)cc1. The number of halogens is 2. The van der Waals surface area contributed by atoms with E-state index in [9.17, 15) is 9.90 Å². The molecular weight excluding hydrogens is 323 g/mol. The lowest BCUT2D eigenvalue weighted by Gasteiger charge is -2.13. The predicted octanol–water partition coefficient (Wildman–Crippen LogP) is 3.44. The first-order valence-electron chi connectivity index (χ1n) is 6.63. The maximum Gasteiger partial charge on any atom is 0.261 e. The second-order valence-electron chi connectivity index (χ2n) is 4.93. The van der Waals surface area contributed by atoms with Crippen LogP contribution in [-0.4, -0.2) is 14.7 Å². The van der Waals surface area contributed by atoms with Gasteiger partial charge in [-0.3, -0.25) is 9.36 Å². The van der Waals surface area contributed by atoms with Crippen LogP contribution >= 0.6 is 23.2 Å². The Balaban J connectivity index is 1.93. The molecule has 1 heterocycles. The van der Waals surface area contributed by atoms with Gasteiger partial charge in [0.2, 0.25) is 0 Å². The van der Waals surface area contributed by atoms with Gasteiger partial charge < -0.3 is 5.11 Å². The minimum absolute atomic E-state index is 0.117. The Morgan fingerprint density at radius 2 is 1.77 bits per heavy atom. The maximum absolute atomic E-state index is 12.4. The van der Waals surface area contributed by atoms with Crippen molar-refractivity contribution in [2.45, 2.75) is 12.6 Å². The van der Waals surface area contributed by atoms with Crippen LogP contribution in [0.15, 0.2) is 53.6 Å². The van der Waals surface area contributed by atoms with Crippen LogP contribution < -0.4 is 5.56 Å². The van der Waals surface area contributed by atoms with Gasteiger partial charge in [-0.15, -0.1) is 0 Å². The quantitative estimate of drug-likeness (QED) is 0.798. The molecule has 0 saturated heterocycles. The highest BCUT2D eigenvalue weighted by molar-refractivity contribution is 6.31. The molecule has 6 heteroatoms. The predicted molar refractivity (Wildman–Crippen MR) is 87.4 cm³/mol. The van der Waals surface area contributed by atoms with E-state index in [4.69, 9.17) is 23.2 Å². The van der Waals surface area contributed by atoms with Crippen LogP contribution in [0.3, 0.4) is 0 Å². The van der Waals surface area contributed by atoms with Gasteiger partial charge >= 0.3 is 0 Å². The molecule has 0 aliphatic rings. The van der Waals surface area contributed by atoms with Crippen molar-refractivity contribution in [3.05, 3.63) is 74.8 Å². The Kier molecular flexibility index (Phi) is 4.16. The monoisotopic (exact) mass is 334 g/mol. The zero-order valence-electron chi connectivity index (χ0n) is 11.4. The normalized spacial score (nSPS) is 12.5. The highest BCUT2D eigenvalue weighted by Crippen LogP contribution is 2.18. The molecule has 4 nitrogen and oxygen atoms in total. The summed E-state index contributed by atoms with van der Waals surface area (Å²) in [6.07, 6.45) is 0.599. The number of hydrogen-bond donors (Lipinski definition) is 1. The summed E-state index contributed by atoms with van der Waals surface area (Å²) >= 11 is 11.7. The number of hydrogen-bond acceptors (Lipinski definition) is 3. The molecule has 0 aliphatic heterocycles. The van der Waals surface area contributed by atoms with E-state index in [1.54, 1.807) is 42.5 Å². The highest BCUT2D eigenvalue weighted by Gasteiger charge is 2.11. The van der Waals surface area contributed by atoms with E-state index in [-0.39, 0.29) is 12.1 Å². The molecule has 1 aromatic heterocycles. The lowest BCUT2D eigenvalue weighted by molar-refractivity contribution is 0.155. The summed E-state index contributed by atoms with van der Waals surface area (Å²) in [5, 5.41) is 11.8. The van der Waals surface area contributed by atoms with Crippen molar-refractivity contribution >= 4 is 34.1 Å². The van der Waals surface area contributed by atoms with E-state index in [1.807, 2.05) is 0 Å². The second kappa shape index (κ2) is 6.08. The molecule has 0 radical (unpaired) electrons. The van der Waals surface area contributed by atoms with Crippen molar-refractivity contribution in [2.75, 3.05) is 0 Å². The van der Waals surface area contributed by atoms with Gasteiger partial charge in [0.25, 0.3) is 5.56 Å². The van der Waals surface area contributed by atoms with Crippen LogP contribution in [0.1, 0.15) is 11.7 Å². The molecule has 0 spiro atoms. The van der Waals surface area contributed by atoms with E-state index in [0.29, 0.717) is 26.5 Å². The van der Waals surface area contributed by atoms with Crippen molar-refractivity contribution < 1.29 is 5.11 Å². The third kappa shape index (κ3) is 2.99. The van der Waals surface area contributed by atoms with Gasteiger partial charge in [0.1, 0.15) is 0 Å². The Hall–Kier alpha value is -1.88. The maximum atomic E-state index is 12.4. The van der Waals surface area contributed by atoms with Gasteiger partial charge in [0.15, 0.2) is 0 Å². The summed E-state index contributed by atoms with van der Waals surface area (Å²) < 4.78 is 1.38. The van der Waals surface area contributed by atoms with Crippen LogP contribution in [-0.2, 0) is 6.54 Å². The van der Waals surface area contributed by atoms with E-state index < -0.39 is 6.10 Å². The Labute approximate surface area is 136 Å². The number of rotatable bonds is 3. The standard InChI is InChI=1S/C16H12Cl2N2O2/c17-11-3-1-10(2-4-11)15(21)8-20-9-19-14-7-12(18)5-6-13(14)16(20)22/h1-7,9,15,21H,8H2/t15-/m0/s1. The molecule has 0 fully saturated rings. The van der Waals surface area contributed by atoms with Crippen LogP contribution in [0.2, 0.25) is 10.0 Å². The third-order valence-corrected chi connectivity index (χ3v) is 3.90. The molecule has 2 aromatic carbocycles. The van der Waals surface area contributed by atoms with Crippen molar-refractivity contribution in [3.8, 4) is 0 Å². The van der Waals surface area contributed by atoms with Gasteiger partial charge in [-0.2, -0.15) is 0 Å². The molecule has 1 N–H and O–H groups in total. The summed E-state index contributed by atoms with van der Waals surface area (Å²) in [5.41, 5.74) is 1.01. The summed E-state index contributed by atoms with van der Waals surface area (Å²) in [6, 6.07) is 11.8. The van der Waals surface area contributed by atoms with Gasteiger partial charge in [0, 0.05) is 10.0 Å². The van der Waals surface area contributed by atoms with Gasteiger partial charge in [-0.25, -0.2) is 4.98 Å². The molecule has 22 heavy (non-hydrogen) atoms. The lowest BCUT2D eigenvalue weighted by atomic mass is 10.1. The molecule has 0 aliphatic carbocycles. The average Bonchev–Trinajstić information content (AvgIpc) is 2.50. The minimum Gasteiger partial charge on any atom is -0.387 e. The van der Waals surface area contributed by atoms with Gasteiger partial charge in [-0.1, -0.05) is 35.3 Å². The summed E-state index contributed by atoms with van der Waals surface area (Å²) in [7, 11) is 0. The van der Waals surface area contributed by atoms with Crippen LogP contribution in [0, 0.1) is 0 Å². The van der Waals surface area contributed by atoms with Gasteiger partial charge in [0.05, 0.1) is 29.9 Å². The lowest BCUT2D eigenvalue weighted by Crippen LogP contribution is -2.23. The molecule has 1 atom stereocenters. The molecule has 0 bridgehead atoms. The Bertz CT molecular complexity index is 875. The van der Waals surface area contributed by atoms with Crippen molar-refractivity contribution in [1.82, 2.24) is 9.55 Å². The number of benzene rings is 2. The minimum atomic E-state index is -0.818. The topological polar surface area (TPSA) is 55.1 Å². The zero-order chi connectivity index (χ0) is 15.7. The first kappa shape index (κ1) is 15.0. The number of aromatic nitrogens is 2. The van der Waals surface area contributed by atoms with E-state index >= 15 is 0 Å². The van der Waals surface area contributed by atoms with E-state index in [1.165, 1.54) is 10.9 Å². The Morgan fingerprint density at radius 3 is 2.50 bits per heavy atom. The fraction of sp³-hybridized carbons (Fsp3) is 0.125. The smallest absolute Gasteiger partial charge is 0.261 e. The third-order valence-electron chi connectivity index (χ3n) is 3.41. The first-order valence-corrected chi connectivity index (χ1v) is 7.38. The van der Waals surface area contributed by atoms with Crippen LogP contribution in [0.25, 0.3) is 10.9 Å². The zero-order valence-corrected chi connectivity index (χ0v) is 12.9. The molecule has 0 amide bonds. The fourth-order valence-electron chi connectivity index (χ4n) is 2.24. The van der Waals surface area contributed by atoms with Crippen molar-refractivity contribution in [2.24, 2.45) is 0 Å². The Morgan fingerprint density at radius 1 is 1.09 bits per heavy atom. The molecule has 112 valence electrons. The molecule has 0 saturated carbocycles. The molecular formula is C16H12Cl2N2O2. The number of aliphatic hydroxyl groups excluding tert-OH is 1. The number of fused-ring (bicyclic) bond motifs is 1. The van der Waals surface area contributed by atoms with Crippen LogP contribution in [0.5, 0.6) is 0 Å². The largest absolute Gasteiger partial charge is 0.387 e.